The maximum atomic E-state index is 6.31. The highest BCUT2D eigenvalue weighted by molar-refractivity contribution is 7.07. The molecule has 1 unspecified atom stereocenters. The predicted molar refractivity (Wildman–Crippen MR) is 75.9 cm³/mol. The molecular formula is C14H14N4S. The third-order valence-electron chi connectivity index (χ3n) is 3.04. The van der Waals surface area contributed by atoms with Gasteiger partial charge in [0, 0.05) is 5.38 Å². The van der Waals surface area contributed by atoms with E-state index in [1.165, 1.54) is 0 Å². The number of imidazole rings is 1. The van der Waals surface area contributed by atoms with Crippen molar-refractivity contribution in [3.63, 3.8) is 0 Å². The SMILES string of the molecule is NC(c1ccccc1)c1cncn1Cc1cscn1. The fourth-order valence-electron chi connectivity index (χ4n) is 2.04. The number of hydrogen-bond donors (Lipinski definition) is 1. The molecule has 0 aliphatic heterocycles. The van der Waals surface area contributed by atoms with Crippen molar-refractivity contribution in [3.8, 4) is 0 Å². The van der Waals surface area contributed by atoms with Crippen molar-refractivity contribution < 1.29 is 0 Å². The van der Waals surface area contributed by atoms with Crippen LogP contribution in [0.25, 0.3) is 0 Å². The van der Waals surface area contributed by atoms with Gasteiger partial charge in [-0.1, -0.05) is 30.3 Å². The van der Waals surface area contributed by atoms with Gasteiger partial charge in [-0.15, -0.1) is 11.3 Å². The molecular weight excluding hydrogens is 256 g/mol. The topological polar surface area (TPSA) is 56.7 Å². The van der Waals surface area contributed by atoms with Crippen molar-refractivity contribution in [3.05, 3.63) is 70.7 Å². The number of benzene rings is 1. The summed E-state index contributed by atoms with van der Waals surface area (Å²) in [6.07, 6.45) is 3.63. The average molecular weight is 270 g/mol. The first kappa shape index (κ1) is 12.1. The quantitative estimate of drug-likeness (QED) is 0.792. The Bertz CT molecular complexity index is 631. The lowest BCUT2D eigenvalue weighted by Gasteiger charge is -2.14. The summed E-state index contributed by atoms with van der Waals surface area (Å²) in [5.41, 5.74) is 11.3. The summed E-state index contributed by atoms with van der Waals surface area (Å²) in [4.78, 5) is 8.50. The number of nitrogens with zero attached hydrogens (tertiary/aromatic N) is 3. The summed E-state index contributed by atoms with van der Waals surface area (Å²) in [5, 5.41) is 2.04. The molecule has 19 heavy (non-hydrogen) atoms. The minimum Gasteiger partial charge on any atom is -0.327 e. The molecule has 0 spiro atoms. The van der Waals surface area contributed by atoms with E-state index in [0.29, 0.717) is 6.54 Å². The van der Waals surface area contributed by atoms with Gasteiger partial charge in [-0.25, -0.2) is 9.97 Å². The van der Waals surface area contributed by atoms with Crippen LogP contribution in [0.5, 0.6) is 0 Å². The van der Waals surface area contributed by atoms with Crippen LogP contribution in [0, 0.1) is 0 Å². The van der Waals surface area contributed by atoms with Gasteiger partial charge in [-0.3, -0.25) is 0 Å². The molecule has 2 N–H and O–H groups in total. The summed E-state index contributed by atoms with van der Waals surface area (Å²) in [7, 11) is 0. The van der Waals surface area contributed by atoms with Crippen molar-refractivity contribution in [1.29, 1.82) is 0 Å². The van der Waals surface area contributed by atoms with Crippen LogP contribution in [0.2, 0.25) is 0 Å². The van der Waals surface area contributed by atoms with Gasteiger partial charge < -0.3 is 10.3 Å². The van der Waals surface area contributed by atoms with E-state index in [2.05, 4.69) is 9.97 Å². The lowest BCUT2D eigenvalue weighted by Crippen LogP contribution is -2.17. The zero-order valence-electron chi connectivity index (χ0n) is 10.3. The Morgan fingerprint density at radius 2 is 2.11 bits per heavy atom. The van der Waals surface area contributed by atoms with Crippen LogP contribution >= 0.6 is 11.3 Å². The maximum absolute atomic E-state index is 6.31. The molecule has 0 radical (unpaired) electrons. The lowest BCUT2D eigenvalue weighted by atomic mass is 10.1. The van der Waals surface area contributed by atoms with E-state index in [1.54, 1.807) is 17.7 Å². The zero-order chi connectivity index (χ0) is 13.1. The minimum absolute atomic E-state index is 0.165. The van der Waals surface area contributed by atoms with Gasteiger partial charge in [0.1, 0.15) is 0 Å². The van der Waals surface area contributed by atoms with Crippen molar-refractivity contribution in [2.45, 2.75) is 12.6 Å². The molecule has 0 aliphatic carbocycles. The summed E-state index contributed by atoms with van der Waals surface area (Å²) >= 11 is 1.60. The maximum Gasteiger partial charge on any atom is 0.0952 e. The number of aromatic nitrogens is 3. The van der Waals surface area contributed by atoms with Crippen LogP contribution in [0.1, 0.15) is 23.0 Å². The van der Waals surface area contributed by atoms with E-state index in [1.807, 2.05) is 52.0 Å². The molecule has 96 valence electrons. The van der Waals surface area contributed by atoms with Gasteiger partial charge in [0.15, 0.2) is 0 Å². The first-order valence-electron chi connectivity index (χ1n) is 6.02. The second-order valence-electron chi connectivity index (χ2n) is 4.31. The first-order valence-corrected chi connectivity index (χ1v) is 6.96. The predicted octanol–water partition coefficient (Wildman–Crippen LogP) is 2.44. The van der Waals surface area contributed by atoms with Crippen molar-refractivity contribution in [2.24, 2.45) is 5.73 Å². The van der Waals surface area contributed by atoms with Crippen LogP contribution in [-0.4, -0.2) is 14.5 Å². The first-order chi connectivity index (χ1) is 9.34. The van der Waals surface area contributed by atoms with Crippen molar-refractivity contribution in [2.75, 3.05) is 0 Å². The Balaban J connectivity index is 1.88. The third kappa shape index (κ3) is 2.57. The average Bonchev–Trinajstić information content (AvgIpc) is 3.11. The highest BCUT2D eigenvalue weighted by Crippen LogP contribution is 2.19. The lowest BCUT2D eigenvalue weighted by molar-refractivity contribution is 0.687. The molecule has 1 atom stereocenters. The van der Waals surface area contributed by atoms with Crippen LogP contribution < -0.4 is 5.73 Å². The number of rotatable bonds is 4. The molecule has 0 aliphatic rings. The van der Waals surface area contributed by atoms with E-state index in [0.717, 1.165) is 17.0 Å². The Hall–Kier alpha value is -1.98. The highest BCUT2D eigenvalue weighted by Gasteiger charge is 2.13. The number of thiazole rings is 1. The van der Waals surface area contributed by atoms with Crippen LogP contribution in [0.4, 0.5) is 0 Å². The van der Waals surface area contributed by atoms with Gasteiger partial charge in [-0.05, 0) is 5.56 Å². The molecule has 0 amide bonds. The smallest absolute Gasteiger partial charge is 0.0952 e. The van der Waals surface area contributed by atoms with E-state index in [-0.39, 0.29) is 6.04 Å². The standard InChI is InChI=1S/C14H14N4S/c15-14(11-4-2-1-3-5-11)13-6-16-9-18(13)7-12-8-19-10-17-12/h1-6,8-10,14H,7,15H2. The van der Waals surface area contributed by atoms with Gasteiger partial charge in [0.2, 0.25) is 0 Å². The molecule has 3 aromatic rings. The third-order valence-corrected chi connectivity index (χ3v) is 3.67. The van der Waals surface area contributed by atoms with E-state index in [9.17, 15) is 0 Å². The molecule has 1 aromatic carbocycles. The summed E-state index contributed by atoms with van der Waals surface area (Å²) in [6.45, 7) is 0.708. The summed E-state index contributed by atoms with van der Waals surface area (Å²) in [6, 6.07) is 9.88. The van der Waals surface area contributed by atoms with E-state index in [4.69, 9.17) is 5.73 Å². The Morgan fingerprint density at radius 1 is 1.26 bits per heavy atom. The Kier molecular flexibility index (Phi) is 3.39. The molecule has 0 saturated heterocycles. The monoisotopic (exact) mass is 270 g/mol. The minimum atomic E-state index is -0.165. The fourth-order valence-corrected chi connectivity index (χ4v) is 2.59. The number of hydrogen-bond acceptors (Lipinski definition) is 4. The van der Waals surface area contributed by atoms with Gasteiger partial charge in [-0.2, -0.15) is 0 Å². The van der Waals surface area contributed by atoms with Crippen LogP contribution in [0.3, 0.4) is 0 Å². The van der Waals surface area contributed by atoms with Crippen LogP contribution in [0.15, 0.2) is 53.7 Å². The second-order valence-corrected chi connectivity index (χ2v) is 5.03. The number of nitrogens with two attached hydrogens (primary N) is 1. The molecule has 5 heteroatoms. The van der Waals surface area contributed by atoms with Gasteiger partial charge >= 0.3 is 0 Å². The van der Waals surface area contributed by atoms with Gasteiger partial charge in [0.25, 0.3) is 0 Å². The second kappa shape index (κ2) is 5.34. The normalized spacial score (nSPS) is 12.5. The molecule has 4 nitrogen and oxygen atoms in total. The Labute approximate surface area is 115 Å². The zero-order valence-corrected chi connectivity index (χ0v) is 11.1. The summed E-state index contributed by atoms with van der Waals surface area (Å²) < 4.78 is 2.05. The molecule has 2 heterocycles. The van der Waals surface area contributed by atoms with Gasteiger partial charge in [0.05, 0.1) is 42.0 Å². The molecule has 3 rings (SSSR count). The van der Waals surface area contributed by atoms with E-state index >= 15 is 0 Å². The fraction of sp³-hybridized carbons (Fsp3) is 0.143. The largest absolute Gasteiger partial charge is 0.327 e. The van der Waals surface area contributed by atoms with E-state index < -0.39 is 0 Å². The molecule has 0 bridgehead atoms. The van der Waals surface area contributed by atoms with Crippen molar-refractivity contribution in [1.82, 2.24) is 14.5 Å². The molecule has 2 aromatic heterocycles. The Morgan fingerprint density at radius 3 is 2.84 bits per heavy atom. The van der Waals surface area contributed by atoms with Crippen molar-refractivity contribution >= 4 is 11.3 Å². The summed E-state index contributed by atoms with van der Waals surface area (Å²) in [5.74, 6) is 0. The molecule has 0 saturated carbocycles. The highest BCUT2D eigenvalue weighted by atomic mass is 32.1. The molecule has 0 fully saturated rings. The van der Waals surface area contributed by atoms with Crippen LogP contribution in [-0.2, 0) is 6.54 Å².